The zero-order valence-corrected chi connectivity index (χ0v) is 13.3. The molecule has 0 bridgehead atoms. The Bertz CT molecular complexity index is 689. The van der Waals surface area contributed by atoms with E-state index in [1.165, 1.54) is 11.4 Å². The van der Waals surface area contributed by atoms with Crippen LogP contribution in [0.1, 0.15) is 24.2 Å². The molecule has 0 saturated heterocycles. The summed E-state index contributed by atoms with van der Waals surface area (Å²) in [6, 6.07) is 6.91. The quantitative estimate of drug-likeness (QED) is 0.865. The predicted molar refractivity (Wildman–Crippen MR) is 79.3 cm³/mol. The fourth-order valence-electron chi connectivity index (χ4n) is 1.88. The maximum Gasteiger partial charge on any atom is 0.218 e. The van der Waals surface area contributed by atoms with Crippen LogP contribution in [0.3, 0.4) is 0 Å². The summed E-state index contributed by atoms with van der Waals surface area (Å²) in [5.41, 5.74) is 0.582. The first kappa shape index (κ1) is 15.9. The van der Waals surface area contributed by atoms with Crippen molar-refractivity contribution in [2.45, 2.75) is 18.6 Å². The Morgan fingerprint density at radius 1 is 1.38 bits per heavy atom. The molecule has 114 valence electrons. The number of tetrazole rings is 1. The smallest absolute Gasteiger partial charge is 0.212 e. The van der Waals surface area contributed by atoms with Gasteiger partial charge in [0.05, 0.1) is 5.75 Å². The molecule has 9 heteroatoms. The Balaban J connectivity index is 2.07. The van der Waals surface area contributed by atoms with E-state index in [4.69, 9.17) is 11.6 Å². The van der Waals surface area contributed by atoms with Gasteiger partial charge in [0.2, 0.25) is 10.0 Å². The maximum absolute atomic E-state index is 12.4. The number of H-pyrrole nitrogens is 1. The Morgan fingerprint density at radius 2 is 2.10 bits per heavy atom. The molecule has 0 fully saturated rings. The summed E-state index contributed by atoms with van der Waals surface area (Å²) in [6.45, 7) is 2.11. The fraction of sp³-hybridized carbons (Fsp3) is 0.417. The van der Waals surface area contributed by atoms with Crippen molar-refractivity contribution in [3.05, 3.63) is 40.7 Å². The molecular formula is C12H16ClN5O2S. The van der Waals surface area contributed by atoms with Crippen molar-refractivity contribution in [2.75, 3.05) is 13.6 Å². The van der Waals surface area contributed by atoms with Crippen LogP contribution in [0, 0.1) is 0 Å². The molecule has 0 saturated carbocycles. The van der Waals surface area contributed by atoms with Gasteiger partial charge in [-0.1, -0.05) is 41.9 Å². The lowest BCUT2D eigenvalue weighted by Crippen LogP contribution is -2.31. The van der Waals surface area contributed by atoms with Gasteiger partial charge in [-0.2, -0.15) is 5.21 Å². The number of aromatic nitrogens is 4. The van der Waals surface area contributed by atoms with Crippen molar-refractivity contribution in [1.82, 2.24) is 24.9 Å². The Morgan fingerprint density at radius 3 is 2.71 bits per heavy atom. The van der Waals surface area contributed by atoms with Crippen LogP contribution in [-0.2, 0) is 15.8 Å². The van der Waals surface area contributed by atoms with Crippen molar-refractivity contribution in [3.8, 4) is 0 Å². The second-order valence-corrected chi connectivity index (χ2v) is 7.28. The fourth-order valence-corrected chi connectivity index (χ4v) is 3.48. The minimum atomic E-state index is -3.46. The van der Waals surface area contributed by atoms with Crippen molar-refractivity contribution >= 4 is 21.6 Å². The first-order valence-corrected chi connectivity index (χ1v) is 8.29. The number of nitrogens with one attached hydrogen (secondary N) is 1. The largest absolute Gasteiger partial charge is 0.218 e. The number of aromatic amines is 1. The molecule has 0 spiro atoms. The van der Waals surface area contributed by atoms with Gasteiger partial charge in [0, 0.05) is 24.5 Å². The highest BCUT2D eigenvalue weighted by Crippen LogP contribution is 2.20. The second kappa shape index (κ2) is 6.50. The third-order valence-electron chi connectivity index (χ3n) is 3.10. The van der Waals surface area contributed by atoms with Gasteiger partial charge in [0.25, 0.3) is 0 Å². The molecule has 0 aliphatic rings. The van der Waals surface area contributed by atoms with Crippen LogP contribution in [0.25, 0.3) is 0 Å². The Hall–Kier alpha value is -1.51. The summed E-state index contributed by atoms with van der Waals surface area (Å²) in [7, 11) is -1.93. The van der Waals surface area contributed by atoms with E-state index in [0.717, 1.165) is 0 Å². The van der Waals surface area contributed by atoms with Crippen molar-refractivity contribution in [3.63, 3.8) is 0 Å². The van der Waals surface area contributed by atoms with Gasteiger partial charge in [0.1, 0.15) is 0 Å². The molecule has 0 aliphatic carbocycles. The molecule has 2 rings (SSSR count). The second-order valence-electron chi connectivity index (χ2n) is 4.80. The summed E-state index contributed by atoms with van der Waals surface area (Å²) in [5, 5.41) is 14.0. The molecule has 1 heterocycles. The summed E-state index contributed by atoms with van der Waals surface area (Å²) in [4.78, 5) is 0. The lowest BCUT2D eigenvalue weighted by molar-refractivity contribution is 0.439. The number of rotatable bonds is 6. The van der Waals surface area contributed by atoms with Gasteiger partial charge in [-0.15, -0.1) is 10.2 Å². The van der Waals surface area contributed by atoms with Crippen LogP contribution < -0.4 is 0 Å². The number of hydrogen-bond donors (Lipinski definition) is 1. The predicted octanol–water partition coefficient (Wildman–Crippen LogP) is 1.42. The highest BCUT2D eigenvalue weighted by Gasteiger charge is 2.23. The lowest BCUT2D eigenvalue weighted by Gasteiger charge is -2.20. The number of halogens is 1. The Kier molecular flexibility index (Phi) is 4.92. The summed E-state index contributed by atoms with van der Waals surface area (Å²) in [6.07, 6.45) is 0. The minimum Gasteiger partial charge on any atom is -0.212 e. The van der Waals surface area contributed by atoms with Gasteiger partial charge in [-0.3, -0.25) is 0 Å². The lowest BCUT2D eigenvalue weighted by atomic mass is 10.2. The highest BCUT2D eigenvalue weighted by molar-refractivity contribution is 7.88. The van der Waals surface area contributed by atoms with Crippen LogP contribution >= 0.6 is 11.6 Å². The average Bonchev–Trinajstić information content (AvgIpc) is 2.95. The molecule has 1 N–H and O–H groups in total. The average molecular weight is 330 g/mol. The summed E-state index contributed by atoms with van der Waals surface area (Å²) < 4.78 is 26.0. The van der Waals surface area contributed by atoms with Crippen molar-refractivity contribution in [1.29, 1.82) is 0 Å². The van der Waals surface area contributed by atoms with Gasteiger partial charge in [0.15, 0.2) is 5.82 Å². The summed E-state index contributed by atoms with van der Waals surface area (Å²) in [5.74, 6) is 0.187. The Labute approximate surface area is 128 Å². The van der Waals surface area contributed by atoms with Crippen LogP contribution in [-0.4, -0.2) is 46.9 Å². The molecule has 21 heavy (non-hydrogen) atoms. The molecule has 0 radical (unpaired) electrons. The van der Waals surface area contributed by atoms with Crippen LogP contribution in [0.15, 0.2) is 24.3 Å². The highest BCUT2D eigenvalue weighted by atomic mass is 35.5. The number of sulfonamides is 1. The topological polar surface area (TPSA) is 91.8 Å². The third kappa shape index (κ3) is 3.99. The molecule has 2 aromatic rings. The third-order valence-corrected chi connectivity index (χ3v) is 5.25. The van der Waals surface area contributed by atoms with E-state index in [1.54, 1.807) is 24.3 Å². The standard InChI is InChI=1S/C12H16ClN5O2S/c1-9(12-14-16-17-15-12)7-18(2)21(19,20)8-10-5-3-4-6-11(10)13/h3-6,9H,7-8H2,1-2H3,(H,14,15,16,17). The minimum absolute atomic E-state index is 0.137. The van der Waals surface area contributed by atoms with E-state index in [9.17, 15) is 8.42 Å². The first-order chi connectivity index (χ1) is 9.90. The molecule has 1 aromatic carbocycles. The van der Waals surface area contributed by atoms with E-state index in [2.05, 4.69) is 20.6 Å². The molecule has 1 unspecified atom stereocenters. The number of hydrogen-bond acceptors (Lipinski definition) is 5. The molecular weight excluding hydrogens is 314 g/mol. The van der Waals surface area contributed by atoms with E-state index in [1.807, 2.05) is 6.92 Å². The monoisotopic (exact) mass is 329 g/mol. The summed E-state index contributed by atoms with van der Waals surface area (Å²) >= 11 is 6.01. The zero-order valence-electron chi connectivity index (χ0n) is 11.7. The van der Waals surface area contributed by atoms with Gasteiger partial charge in [-0.05, 0) is 11.6 Å². The molecule has 0 aliphatic heterocycles. The normalized spacial score (nSPS) is 13.5. The molecule has 0 amide bonds. The number of benzene rings is 1. The zero-order chi connectivity index (χ0) is 15.5. The molecule has 1 atom stereocenters. The van der Waals surface area contributed by atoms with E-state index in [-0.39, 0.29) is 18.2 Å². The van der Waals surface area contributed by atoms with Crippen molar-refractivity contribution in [2.24, 2.45) is 0 Å². The van der Waals surface area contributed by atoms with Crippen LogP contribution in [0.2, 0.25) is 5.02 Å². The number of likely N-dealkylation sites (N-methyl/N-ethyl adjacent to an activating group) is 1. The van der Waals surface area contributed by atoms with E-state index >= 15 is 0 Å². The molecule has 1 aromatic heterocycles. The first-order valence-electron chi connectivity index (χ1n) is 6.31. The van der Waals surface area contributed by atoms with Crippen molar-refractivity contribution < 1.29 is 8.42 Å². The van der Waals surface area contributed by atoms with Gasteiger partial charge < -0.3 is 0 Å². The SMILES string of the molecule is CC(CN(C)S(=O)(=O)Cc1ccccc1Cl)c1nn[nH]n1. The van der Waals surface area contributed by atoms with Crippen LogP contribution in [0.4, 0.5) is 0 Å². The van der Waals surface area contributed by atoms with Gasteiger partial charge in [-0.25, -0.2) is 12.7 Å². The number of nitrogens with zero attached hydrogens (tertiary/aromatic N) is 4. The maximum atomic E-state index is 12.4. The molecule has 7 nitrogen and oxygen atoms in total. The van der Waals surface area contributed by atoms with Crippen LogP contribution in [0.5, 0.6) is 0 Å². The van der Waals surface area contributed by atoms with Gasteiger partial charge >= 0.3 is 0 Å². The van der Waals surface area contributed by atoms with E-state index < -0.39 is 10.0 Å². The van der Waals surface area contributed by atoms with E-state index in [0.29, 0.717) is 16.4 Å².